The molecule has 0 aliphatic heterocycles. The van der Waals surface area contributed by atoms with E-state index in [0.29, 0.717) is 5.69 Å². The first kappa shape index (κ1) is 7.86. The van der Waals surface area contributed by atoms with Crippen molar-refractivity contribution >= 4 is 16.6 Å². The molecule has 3 N–H and O–H groups in total. The Morgan fingerprint density at radius 3 is 2.85 bits per heavy atom. The van der Waals surface area contributed by atoms with Gasteiger partial charge in [0.15, 0.2) is 0 Å². The number of fused-ring (bicyclic) bond motifs is 1. The minimum absolute atomic E-state index is 0.157. The van der Waals surface area contributed by atoms with E-state index in [-0.39, 0.29) is 5.56 Å². The molecule has 2 rings (SSSR count). The molecule has 2 aromatic rings. The van der Waals surface area contributed by atoms with Crippen LogP contribution in [0.4, 0.5) is 5.69 Å². The fourth-order valence-electron chi connectivity index (χ4n) is 1.40. The lowest BCUT2D eigenvalue weighted by atomic mass is 10.1. The van der Waals surface area contributed by atoms with Crippen molar-refractivity contribution in [2.24, 2.45) is 0 Å². The smallest absolute Gasteiger partial charge is 0.250 e. The number of hydrogen-bond acceptors (Lipinski definition) is 2. The molecule has 0 aliphatic carbocycles. The van der Waals surface area contributed by atoms with Gasteiger partial charge in [-0.05, 0) is 18.6 Å². The third-order valence-corrected chi connectivity index (χ3v) is 2.03. The highest BCUT2D eigenvalue weighted by Crippen LogP contribution is 2.17. The molecule has 0 radical (unpaired) electrons. The fourth-order valence-corrected chi connectivity index (χ4v) is 1.40. The second-order valence-corrected chi connectivity index (χ2v) is 3.14. The molecule has 1 aromatic carbocycles. The Morgan fingerprint density at radius 1 is 1.31 bits per heavy atom. The quantitative estimate of drug-likeness (QED) is 0.634. The van der Waals surface area contributed by atoms with Crippen LogP contribution in [0.3, 0.4) is 0 Å². The highest BCUT2D eigenvalue weighted by molar-refractivity contribution is 5.89. The normalized spacial score (nSPS) is 10.5. The maximum Gasteiger partial charge on any atom is 0.250 e. The molecule has 13 heavy (non-hydrogen) atoms. The van der Waals surface area contributed by atoms with Gasteiger partial charge < -0.3 is 10.7 Å². The molecule has 0 aliphatic rings. The van der Waals surface area contributed by atoms with E-state index in [1.54, 1.807) is 0 Å². The second-order valence-electron chi connectivity index (χ2n) is 3.14. The Hall–Kier alpha value is -1.77. The topological polar surface area (TPSA) is 58.9 Å². The van der Waals surface area contributed by atoms with Gasteiger partial charge in [0.05, 0.1) is 5.52 Å². The SMILES string of the molecule is Cc1ccc2c(N)cc(=O)[nH]c2c1. The van der Waals surface area contributed by atoms with Gasteiger partial charge in [0, 0.05) is 17.1 Å². The standard InChI is InChI=1S/C10H10N2O/c1-6-2-3-7-8(11)5-10(13)12-9(7)4-6/h2-5H,1H3,(H3,11,12,13). The molecule has 0 amide bonds. The van der Waals surface area contributed by atoms with E-state index in [1.165, 1.54) is 6.07 Å². The summed E-state index contributed by atoms with van der Waals surface area (Å²) in [5, 5.41) is 0.894. The van der Waals surface area contributed by atoms with Crippen molar-refractivity contribution < 1.29 is 0 Å². The number of nitrogen functional groups attached to an aromatic ring is 1. The Kier molecular flexibility index (Phi) is 1.59. The minimum atomic E-state index is -0.157. The molecule has 3 heteroatoms. The summed E-state index contributed by atoms with van der Waals surface area (Å²) in [5.41, 5.74) is 7.96. The Labute approximate surface area is 75.2 Å². The molecular weight excluding hydrogens is 164 g/mol. The van der Waals surface area contributed by atoms with Crippen LogP contribution in [0.5, 0.6) is 0 Å². The van der Waals surface area contributed by atoms with E-state index in [1.807, 2.05) is 25.1 Å². The molecule has 0 unspecified atom stereocenters. The van der Waals surface area contributed by atoms with Crippen LogP contribution < -0.4 is 11.3 Å². The maximum atomic E-state index is 11.1. The van der Waals surface area contributed by atoms with E-state index in [9.17, 15) is 4.79 Å². The molecule has 1 heterocycles. The molecule has 0 atom stereocenters. The Balaban J connectivity index is 2.94. The number of benzene rings is 1. The molecular formula is C10H10N2O. The molecule has 0 spiro atoms. The van der Waals surface area contributed by atoms with Gasteiger partial charge in [-0.3, -0.25) is 4.79 Å². The summed E-state index contributed by atoms with van der Waals surface area (Å²) < 4.78 is 0. The number of anilines is 1. The van der Waals surface area contributed by atoms with Crippen molar-refractivity contribution in [1.29, 1.82) is 0 Å². The largest absolute Gasteiger partial charge is 0.398 e. The predicted octanol–water partition coefficient (Wildman–Crippen LogP) is 1.42. The van der Waals surface area contributed by atoms with Gasteiger partial charge in [0.1, 0.15) is 0 Å². The maximum absolute atomic E-state index is 11.1. The Morgan fingerprint density at radius 2 is 2.08 bits per heavy atom. The number of rotatable bonds is 0. The summed E-state index contributed by atoms with van der Waals surface area (Å²) in [5.74, 6) is 0. The summed E-state index contributed by atoms with van der Waals surface area (Å²) in [6, 6.07) is 7.19. The summed E-state index contributed by atoms with van der Waals surface area (Å²) in [4.78, 5) is 13.8. The number of hydrogen-bond donors (Lipinski definition) is 2. The van der Waals surface area contributed by atoms with Gasteiger partial charge in [-0.25, -0.2) is 0 Å². The molecule has 3 nitrogen and oxygen atoms in total. The average Bonchev–Trinajstić information content (AvgIpc) is 2.02. The van der Waals surface area contributed by atoms with E-state index in [0.717, 1.165) is 16.5 Å². The monoisotopic (exact) mass is 174 g/mol. The summed E-state index contributed by atoms with van der Waals surface area (Å²) in [6.07, 6.45) is 0. The van der Waals surface area contributed by atoms with Crippen LogP contribution >= 0.6 is 0 Å². The van der Waals surface area contributed by atoms with Gasteiger partial charge in [-0.2, -0.15) is 0 Å². The first-order valence-corrected chi connectivity index (χ1v) is 4.06. The number of H-pyrrole nitrogens is 1. The van der Waals surface area contributed by atoms with Gasteiger partial charge in [-0.15, -0.1) is 0 Å². The molecule has 0 fully saturated rings. The van der Waals surface area contributed by atoms with Gasteiger partial charge in [-0.1, -0.05) is 12.1 Å². The molecule has 0 saturated heterocycles. The average molecular weight is 174 g/mol. The number of aryl methyl sites for hydroxylation is 1. The van der Waals surface area contributed by atoms with Crippen LogP contribution in [0.25, 0.3) is 10.9 Å². The second kappa shape index (κ2) is 2.62. The molecule has 1 aromatic heterocycles. The predicted molar refractivity (Wildman–Crippen MR) is 53.7 cm³/mol. The van der Waals surface area contributed by atoms with Gasteiger partial charge >= 0.3 is 0 Å². The Bertz CT molecular complexity index is 514. The zero-order valence-electron chi connectivity index (χ0n) is 7.29. The van der Waals surface area contributed by atoms with Gasteiger partial charge in [0.2, 0.25) is 5.56 Å². The van der Waals surface area contributed by atoms with Crippen LogP contribution in [0.15, 0.2) is 29.1 Å². The van der Waals surface area contributed by atoms with Crippen LogP contribution in [-0.2, 0) is 0 Å². The lowest BCUT2D eigenvalue weighted by molar-refractivity contribution is 1.30. The number of aromatic amines is 1. The third-order valence-electron chi connectivity index (χ3n) is 2.03. The van der Waals surface area contributed by atoms with Crippen LogP contribution in [0.1, 0.15) is 5.56 Å². The number of aromatic nitrogens is 1. The molecule has 0 saturated carbocycles. The van der Waals surface area contributed by atoms with Crippen molar-refractivity contribution in [2.45, 2.75) is 6.92 Å². The first-order valence-electron chi connectivity index (χ1n) is 4.06. The fraction of sp³-hybridized carbons (Fsp3) is 0.100. The zero-order chi connectivity index (χ0) is 9.42. The molecule has 66 valence electrons. The van der Waals surface area contributed by atoms with Crippen LogP contribution in [0, 0.1) is 6.92 Å². The number of nitrogens with one attached hydrogen (secondary N) is 1. The van der Waals surface area contributed by atoms with E-state index in [4.69, 9.17) is 5.73 Å². The lowest BCUT2D eigenvalue weighted by Gasteiger charge is -2.01. The summed E-state index contributed by atoms with van der Waals surface area (Å²) in [7, 11) is 0. The third kappa shape index (κ3) is 1.28. The summed E-state index contributed by atoms with van der Waals surface area (Å²) >= 11 is 0. The first-order chi connectivity index (χ1) is 6.16. The van der Waals surface area contributed by atoms with E-state index >= 15 is 0 Å². The van der Waals surface area contributed by atoms with Crippen molar-refractivity contribution in [3.05, 3.63) is 40.2 Å². The highest BCUT2D eigenvalue weighted by atomic mass is 16.1. The number of nitrogens with two attached hydrogens (primary N) is 1. The van der Waals surface area contributed by atoms with Crippen molar-refractivity contribution in [1.82, 2.24) is 4.98 Å². The minimum Gasteiger partial charge on any atom is -0.398 e. The van der Waals surface area contributed by atoms with Crippen LogP contribution in [0.2, 0.25) is 0 Å². The van der Waals surface area contributed by atoms with Crippen molar-refractivity contribution in [3.8, 4) is 0 Å². The van der Waals surface area contributed by atoms with E-state index < -0.39 is 0 Å². The number of pyridine rings is 1. The zero-order valence-corrected chi connectivity index (χ0v) is 7.29. The van der Waals surface area contributed by atoms with Gasteiger partial charge in [0.25, 0.3) is 0 Å². The summed E-state index contributed by atoms with van der Waals surface area (Å²) in [6.45, 7) is 1.97. The molecule has 0 bridgehead atoms. The van der Waals surface area contributed by atoms with Crippen molar-refractivity contribution in [2.75, 3.05) is 5.73 Å². The van der Waals surface area contributed by atoms with Crippen molar-refractivity contribution in [3.63, 3.8) is 0 Å². The van der Waals surface area contributed by atoms with Crippen LogP contribution in [-0.4, -0.2) is 4.98 Å². The lowest BCUT2D eigenvalue weighted by Crippen LogP contribution is -2.06. The highest BCUT2D eigenvalue weighted by Gasteiger charge is 1.99. The van der Waals surface area contributed by atoms with E-state index in [2.05, 4.69) is 4.98 Å².